The molecule has 0 amide bonds. The van der Waals surface area contributed by atoms with E-state index in [1.807, 2.05) is 0 Å². The first-order chi connectivity index (χ1) is 9.54. The van der Waals surface area contributed by atoms with E-state index in [-0.39, 0.29) is 11.6 Å². The van der Waals surface area contributed by atoms with Gasteiger partial charge in [0.15, 0.2) is 17.3 Å². The summed E-state index contributed by atoms with van der Waals surface area (Å²) in [4.78, 5) is 11.9. The Hall–Kier alpha value is -1.76. The molecule has 1 aromatic rings. The molecule has 1 saturated heterocycles. The van der Waals surface area contributed by atoms with Crippen LogP contribution in [0.15, 0.2) is 12.1 Å². The van der Waals surface area contributed by atoms with Gasteiger partial charge in [0.2, 0.25) is 0 Å². The van der Waals surface area contributed by atoms with Crippen molar-refractivity contribution in [3.63, 3.8) is 0 Å². The van der Waals surface area contributed by atoms with Gasteiger partial charge in [-0.2, -0.15) is 0 Å². The quantitative estimate of drug-likeness (QED) is 0.681. The molecule has 20 heavy (non-hydrogen) atoms. The Kier molecular flexibility index (Phi) is 4.49. The Morgan fingerprint density at radius 1 is 1.45 bits per heavy atom. The molecule has 0 aliphatic carbocycles. The zero-order valence-corrected chi connectivity index (χ0v) is 11.0. The van der Waals surface area contributed by atoms with Gasteiger partial charge in [-0.05, 0) is 37.8 Å². The van der Waals surface area contributed by atoms with Gasteiger partial charge in [0.25, 0.3) is 5.69 Å². The monoisotopic (exact) mass is 285 g/mol. The molecule has 7 heteroatoms. The van der Waals surface area contributed by atoms with Crippen LogP contribution in [0.3, 0.4) is 0 Å². The maximum absolute atomic E-state index is 14.0. The lowest BCUT2D eigenvalue weighted by atomic mass is 9.94. The second-order valence-electron chi connectivity index (χ2n) is 5.02. The van der Waals surface area contributed by atoms with Crippen molar-refractivity contribution < 1.29 is 13.7 Å². The fourth-order valence-corrected chi connectivity index (χ4v) is 2.72. The van der Waals surface area contributed by atoms with Crippen molar-refractivity contribution in [2.75, 3.05) is 24.5 Å². The number of nitro groups is 1. The van der Waals surface area contributed by atoms with Crippen LogP contribution < -0.4 is 10.6 Å². The van der Waals surface area contributed by atoms with E-state index in [4.69, 9.17) is 5.73 Å². The first kappa shape index (κ1) is 14.6. The zero-order valence-electron chi connectivity index (χ0n) is 11.0. The van der Waals surface area contributed by atoms with Crippen molar-refractivity contribution in [2.24, 2.45) is 11.7 Å². The van der Waals surface area contributed by atoms with Crippen LogP contribution in [0.25, 0.3) is 0 Å². The molecule has 1 heterocycles. The van der Waals surface area contributed by atoms with E-state index in [1.54, 1.807) is 4.90 Å². The summed E-state index contributed by atoms with van der Waals surface area (Å²) in [6.07, 6.45) is 2.53. The summed E-state index contributed by atoms with van der Waals surface area (Å²) in [7, 11) is 0. The molecule has 1 aliphatic heterocycles. The average molecular weight is 285 g/mol. The van der Waals surface area contributed by atoms with E-state index >= 15 is 0 Å². The van der Waals surface area contributed by atoms with Crippen LogP contribution in [0.2, 0.25) is 0 Å². The van der Waals surface area contributed by atoms with Gasteiger partial charge in [-0.1, -0.05) is 0 Å². The summed E-state index contributed by atoms with van der Waals surface area (Å²) < 4.78 is 27.4. The number of anilines is 1. The van der Waals surface area contributed by atoms with Crippen molar-refractivity contribution in [1.29, 1.82) is 0 Å². The highest BCUT2D eigenvalue weighted by Crippen LogP contribution is 2.35. The molecule has 1 unspecified atom stereocenters. The van der Waals surface area contributed by atoms with Crippen LogP contribution >= 0.6 is 0 Å². The molecule has 1 aromatic carbocycles. The van der Waals surface area contributed by atoms with E-state index in [2.05, 4.69) is 0 Å². The molecule has 110 valence electrons. The molecule has 0 radical (unpaired) electrons. The second kappa shape index (κ2) is 6.13. The highest BCUT2D eigenvalue weighted by atomic mass is 19.2. The number of piperidine rings is 1. The lowest BCUT2D eigenvalue weighted by Gasteiger charge is -2.34. The summed E-state index contributed by atoms with van der Waals surface area (Å²) in [6, 6.07) is 1.80. The van der Waals surface area contributed by atoms with Crippen LogP contribution in [-0.4, -0.2) is 24.6 Å². The fourth-order valence-electron chi connectivity index (χ4n) is 2.72. The normalized spacial score (nSPS) is 19.1. The molecule has 2 rings (SSSR count). The van der Waals surface area contributed by atoms with Crippen molar-refractivity contribution >= 4 is 11.4 Å². The molecule has 0 spiro atoms. The van der Waals surface area contributed by atoms with Crippen molar-refractivity contribution in [3.05, 3.63) is 33.9 Å². The molecule has 1 atom stereocenters. The first-order valence-electron chi connectivity index (χ1n) is 6.62. The lowest BCUT2D eigenvalue weighted by Crippen LogP contribution is -2.37. The van der Waals surface area contributed by atoms with Crippen molar-refractivity contribution in [2.45, 2.75) is 19.3 Å². The minimum absolute atomic E-state index is 0.239. The van der Waals surface area contributed by atoms with Gasteiger partial charge in [0, 0.05) is 19.2 Å². The number of nitro benzene ring substituents is 1. The van der Waals surface area contributed by atoms with Crippen LogP contribution in [0, 0.1) is 27.7 Å². The fraction of sp³-hybridized carbons (Fsp3) is 0.538. The SMILES string of the molecule is NCCC1CCCN(c2c([N+](=O)[O-])ccc(F)c2F)C1. The van der Waals surface area contributed by atoms with Gasteiger partial charge in [-0.25, -0.2) is 8.78 Å². The van der Waals surface area contributed by atoms with E-state index < -0.39 is 22.2 Å². The molecule has 1 aliphatic rings. The Balaban J connectivity index is 2.35. The highest BCUT2D eigenvalue weighted by molar-refractivity contribution is 5.64. The third kappa shape index (κ3) is 2.87. The Morgan fingerprint density at radius 3 is 2.85 bits per heavy atom. The second-order valence-corrected chi connectivity index (χ2v) is 5.02. The predicted molar refractivity (Wildman–Crippen MR) is 71.6 cm³/mol. The standard InChI is InChI=1S/C13H17F2N3O2/c14-10-3-4-11(18(19)20)13(12(10)15)17-7-1-2-9(8-17)5-6-16/h3-4,9H,1-2,5-8,16H2. The third-order valence-corrected chi connectivity index (χ3v) is 3.65. The van der Waals surface area contributed by atoms with Crippen LogP contribution in [-0.2, 0) is 0 Å². The van der Waals surface area contributed by atoms with Gasteiger partial charge in [-0.3, -0.25) is 10.1 Å². The molecule has 0 bridgehead atoms. The summed E-state index contributed by atoms with van der Waals surface area (Å²) in [5, 5.41) is 11.0. The Bertz CT molecular complexity index is 509. The minimum atomic E-state index is -1.15. The molecule has 0 saturated carbocycles. The summed E-state index contributed by atoms with van der Waals surface area (Å²) in [6.45, 7) is 1.48. The Morgan fingerprint density at radius 2 is 2.20 bits per heavy atom. The van der Waals surface area contributed by atoms with E-state index in [9.17, 15) is 18.9 Å². The van der Waals surface area contributed by atoms with Gasteiger partial charge in [0.05, 0.1) is 4.92 Å². The van der Waals surface area contributed by atoms with Gasteiger partial charge in [-0.15, -0.1) is 0 Å². The van der Waals surface area contributed by atoms with Crippen LogP contribution in [0.4, 0.5) is 20.2 Å². The number of halogens is 2. The maximum Gasteiger partial charge on any atom is 0.295 e. The van der Waals surface area contributed by atoms with Crippen molar-refractivity contribution in [3.8, 4) is 0 Å². The number of hydrogen-bond donors (Lipinski definition) is 1. The predicted octanol–water partition coefficient (Wildman–Crippen LogP) is 2.44. The molecule has 2 N–H and O–H groups in total. The minimum Gasteiger partial charge on any atom is -0.363 e. The number of hydrogen-bond acceptors (Lipinski definition) is 4. The van der Waals surface area contributed by atoms with Crippen LogP contribution in [0.5, 0.6) is 0 Å². The number of benzene rings is 1. The van der Waals surface area contributed by atoms with Gasteiger partial charge >= 0.3 is 0 Å². The average Bonchev–Trinajstić information content (AvgIpc) is 2.42. The number of rotatable bonds is 4. The topological polar surface area (TPSA) is 72.4 Å². The van der Waals surface area contributed by atoms with Gasteiger partial charge in [0.1, 0.15) is 0 Å². The lowest BCUT2D eigenvalue weighted by molar-refractivity contribution is -0.384. The third-order valence-electron chi connectivity index (χ3n) is 3.65. The molecular formula is C13H17F2N3O2. The summed E-state index contributed by atoms with van der Waals surface area (Å²) in [5.74, 6) is -1.95. The molecule has 5 nitrogen and oxygen atoms in total. The summed E-state index contributed by atoms with van der Waals surface area (Å²) >= 11 is 0. The van der Waals surface area contributed by atoms with E-state index in [1.165, 1.54) is 0 Å². The molecule has 0 aromatic heterocycles. The number of nitrogens with zero attached hydrogens (tertiary/aromatic N) is 2. The first-order valence-corrected chi connectivity index (χ1v) is 6.62. The largest absolute Gasteiger partial charge is 0.363 e. The van der Waals surface area contributed by atoms with Gasteiger partial charge < -0.3 is 10.6 Å². The van der Waals surface area contributed by atoms with E-state index in [0.29, 0.717) is 19.6 Å². The maximum atomic E-state index is 14.0. The highest BCUT2D eigenvalue weighted by Gasteiger charge is 2.29. The molecular weight excluding hydrogens is 268 g/mol. The summed E-state index contributed by atoms with van der Waals surface area (Å²) in [5.41, 5.74) is 4.88. The van der Waals surface area contributed by atoms with Crippen LogP contribution in [0.1, 0.15) is 19.3 Å². The van der Waals surface area contributed by atoms with Crippen molar-refractivity contribution in [1.82, 2.24) is 0 Å². The number of nitrogens with two attached hydrogens (primary N) is 1. The molecule has 1 fully saturated rings. The Labute approximate surface area is 115 Å². The van der Waals surface area contributed by atoms with E-state index in [0.717, 1.165) is 31.4 Å². The smallest absolute Gasteiger partial charge is 0.295 e. The zero-order chi connectivity index (χ0) is 14.7.